The Morgan fingerprint density at radius 3 is 2.35 bits per heavy atom. The number of hydrogen-bond acceptors (Lipinski definition) is 3. The van der Waals surface area contributed by atoms with Crippen molar-refractivity contribution in [3.8, 4) is 0 Å². The topological polar surface area (TPSA) is 26.7 Å². The quantitative estimate of drug-likeness (QED) is 0.872. The van der Waals surface area contributed by atoms with Gasteiger partial charge in [0.15, 0.2) is 0 Å². The van der Waals surface area contributed by atoms with Crippen molar-refractivity contribution < 1.29 is 5.11 Å². The minimum Gasteiger partial charge on any atom is -0.390 e. The van der Waals surface area contributed by atoms with Gasteiger partial charge in [-0.05, 0) is 84.3 Å². The van der Waals surface area contributed by atoms with Gasteiger partial charge in [-0.15, -0.1) is 0 Å². The Morgan fingerprint density at radius 1 is 1.09 bits per heavy atom. The van der Waals surface area contributed by atoms with E-state index in [0.717, 1.165) is 25.4 Å². The lowest BCUT2D eigenvalue weighted by Gasteiger charge is -2.23. The summed E-state index contributed by atoms with van der Waals surface area (Å²) in [5.41, 5.74) is 2.15. The molecule has 1 N–H and O–H groups in total. The summed E-state index contributed by atoms with van der Waals surface area (Å²) in [5, 5.41) is 9.83. The summed E-state index contributed by atoms with van der Waals surface area (Å²) in [7, 11) is 4.40. The largest absolute Gasteiger partial charge is 0.390 e. The zero-order valence-corrected chi connectivity index (χ0v) is 15.4. The Morgan fingerprint density at radius 2 is 1.74 bits per heavy atom. The fourth-order valence-electron chi connectivity index (χ4n) is 3.33. The molecular formula is C20H34N2O. The van der Waals surface area contributed by atoms with E-state index in [1.165, 1.54) is 43.5 Å². The molecule has 1 aromatic carbocycles. The van der Waals surface area contributed by atoms with Crippen molar-refractivity contribution in [2.24, 2.45) is 0 Å². The summed E-state index contributed by atoms with van der Waals surface area (Å²) in [5.74, 6) is 0. The third kappa shape index (κ3) is 6.62. The number of hydrogen-bond donors (Lipinski definition) is 1. The Kier molecular flexibility index (Phi) is 6.63. The maximum absolute atomic E-state index is 9.83. The molecule has 1 fully saturated rings. The molecule has 1 aliphatic heterocycles. The maximum atomic E-state index is 9.83. The average Bonchev–Trinajstić information content (AvgIpc) is 2.71. The molecule has 0 amide bonds. The third-order valence-electron chi connectivity index (χ3n) is 4.98. The molecular weight excluding hydrogens is 284 g/mol. The van der Waals surface area contributed by atoms with Crippen LogP contribution >= 0.6 is 0 Å². The Labute approximate surface area is 142 Å². The van der Waals surface area contributed by atoms with Crippen molar-refractivity contribution in [3.05, 3.63) is 35.4 Å². The van der Waals surface area contributed by atoms with E-state index in [9.17, 15) is 5.11 Å². The van der Waals surface area contributed by atoms with E-state index in [-0.39, 0.29) is 0 Å². The van der Waals surface area contributed by atoms with Crippen molar-refractivity contribution in [2.45, 2.75) is 64.1 Å². The van der Waals surface area contributed by atoms with Gasteiger partial charge in [0.2, 0.25) is 0 Å². The molecule has 0 aromatic heterocycles. The van der Waals surface area contributed by atoms with Crippen molar-refractivity contribution in [1.29, 1.82) is 0 Å². The van der Waals surface area contributed by atoms with Gasteiger partial charge < -0.3 is 10.0 Å². The highest BCUT2D eigenvalue weighted by molar-refractivity contribution is 5.22. The number of aliphatic hydroxyl groups is 1. The van der Waals surface area contributed by atoms with Gasteiger partial charge in [-0.25, -0.2) is 0 Å². The second kappa shape index (κ2) is 8.27. The monoisotopic (exact) mass is 318 g/mol. The molecule has 1 aliphatic rings. The molecule has 0 radical (unpaired) electrons. The van der Waals surface area contributed by atoms with E-state index >= 15 is 0 Å². The molecule has 1 aromatic rings. The lowest BCUT2D eigenvalue weighted by atomic mass is 9.98. The molecule has 0 spiro atoms. The van der Waals surface area contributed by atoms with Gasteiger partial charge in [0, 0.05) is 12.6 Å². The van der Waals surface area contributed by atoms with E-state index < -0.39 is 5.60 Å². The Balaban J connectivity index is 1.83. The predicted molar refractivity (Wildman–Crippen MR) is 97.7 cm³/mol. The lowest BCUT2D eigenvalue weighted by Crippen LogP contribution is -2.29. The number of likely N-dealkylation sites (tertiary alicyclic amines) is 1. The van der Waals surface area contributed by atoms with Crippen LogP contribution < -0.4 is 0 Å². The number of rotatable bonds is 6. The van der Waals surface area contributed by atoms with Crippen LogP contribution in [0.2, 0.25) is 0 Å². The molecule has 1 saturated heterocycles. The Hall–Kier alpha value is -0.900. The highest BCUT2D eigenvalue weighted by Crippen LogP contribution is 2.18. The fourth-order valence-corrected chi connectivity index (χ4v) is 3.33. The minimum absolute atomic E-state index is 0.576. The summed E-state index contributed by atoms with van der Waals surface area (Å²) in [6.45, 7) is 7.23. The summed E-state index contributed by atoms with van der Waals surface area (Å²) < 4.78 is 0. The first kappa shape index (κ1) is 18.4. The van der Waals surface area contributed by atoms with Crippen molar-refractivity contribution in [2.75, 3.05) is 27.2 Å². The first-order valence-corrected chi connectivity index (χ1v) is 9.02. The fraction of sp³-hybridized carbons (Fsp3) is 0.700. The van der Waals surface area contributed by atoms with Gasteiger partial charge in [0.05, 0.1) is 5.60 Å². The molecule has 1 unspecified atom stereocenters. The van der Waals surface area contributed by atoms with E-state index in [4.69, 9.17) is 0 Å². The smallest absolute Gasteiger partial charge is 0.0594 e. The van der Waals surface area contributed by atoms with Crippen molar-refractivity contribution in [3.63, 3.8) is 0 Å². The van der Waals surface area contributed by atoms with Crippen LogP contribution in [0.25, 0.3) is 0 Å². The van der Waals surface area contributed by atoms with Crippen LogP contribution in [-0.4, -0.2) is 53.7 Å². The molecule has 130 valence electrons. The van der Waals surface area contributed by atoms with Crippen LogP contribution in [0.4, 0.5) is 0 Å². The summed E-state index contributed by atoms with van der Waals surface area (Å²) in [6, 6.07) is 9.70. The number of nitrogens with zero attached hydrogens (tertiary/aromatic N) is 2. The molecule has 23 heavy (non-hydrogen) atoms. The van der Waals surface area contributed by atoms with E-state index in [2.05, 4.69) is 48.2 Å². The van der Waals surface area contributed by atoms with Crippen LogP contribution in [0.5, 0.6) is 0 Å². The standard InChI is InChI=1S/C20H34N2O/c1-20(2,23)13-11-17-7-9-18(10-8-17)16-22-14-5-6-19(12-15-22)21(3)4/h7-10,19,23H,5-6,11-16H2,1-4H3. The van der Waals surface area contributed by atoms with Crippen LogP contribution in [-0.2, 0) is 13.0 Å². The normalized spacial score (nSPS) is 20.7. The maximum Gasteiger partial charge on any atom is 0.0594 e. The van der Waals surface area contributed by atoms with Gasteiger partial charge in [0.1, 0.15) is 0 Å². The minimum atomic E-state index is -0.576. The molecule has 0 bridgehead atoms. The summed E-state index contributed by atoms with van der Waals surface area (Å²) >= 11 is 0. The van der Waals surface area contributed by atoms with Crippen LogP contribution in [0.1, 0.15) is 50.7 Å². The molecule has 0 aliphatic carbocycles. The van der Waals surface area contributed by atoms with Gasteiger partial charge in [-0.1, -0.05) is 24.3 Å². The third-order valence-corrected chi connectivity index (χ3v) is 4.98. The molecule has 0 saturated carbocycles. The molecule has 1 heterocycles. The average molecular weight is 319 g/mol. The first-order chi connectivity index (χ1) is 10.8. The zero-order chi connectivity index (χ0) is 16.9. The van der Waals surface area contributed by atoms with Gasteiger partial charge in [-0.3, -0.25) is 4.90 Å². The first-order valence-electron chi connectivity index (χ1n) is 9.02. The van der Waals surface area contributed by atoms with Crippen molar-refractivity contribution in [1.82, 2.24) is 9.80 Å². The second-order valence-corrected chi connectivity index (χ2v) is 7.95. The van der Waals surface area contributed by atoms with E-state index in [1.54, 1.807) is 0 Å². The van der Waals surface area contributed by atoms with Crippen LogP contribution in [0, 0.1) is 0 Å². The van der Waals surface area contributed by atoms with Crippen LogP contribution in [0.3, 0.4) is 0 Å². The summed E-state index contributed by atoms with van der Waals surface area (Å²) in [4.78, 5) is 4.97. The van der Waals surface area contributed by atoms with Crippen molar-refractivity contribution >= 4 is 0 Å². The van der Waals surface area contributed by atoms with E-state index in [0.29, 0.717) is 0 Å². The summed E-state index contributed by atoms with van der Waals surface area (Å²) in [6.07, 6.45) is 5.64. The molecule has 2 rings (SSSR count). The molecule has 3 nitrogen and oxygen atoms in total. The number of aryl methyl sites for hydroxylation is 1. The van der Waals surface area contributed by atoms with Gasteiger partial charge >= 0.3 is 0 Å². The predicted octanol–water partition coefficient (Wildman–Crippen LogP) is 3.31. The molecule has 1 atom stereocenters. The zero-order valence-electron chi connectivity index (χ0n) is 15.4. The van der Waals surface area contributed by atoms with E-state index in [1.807, 2.05) is 13.8 Å². The van der Waals surface area contributed by atoms with Gasteiger partial charge in [-0.2, -0.15) is 0 Å². The lowest BCUT2D eigenvalue weighted by molar-refractivity contribution is 0.0714. The van der Waals surface area contributed by atoms with Crippen LogP contribution in [0.15, 0.2) is 24.3 Å². The highest BCUT2D eigenvalue weighted by atomic mass is 16.3. The number of benzene rings is 1. The second-order valence-electron chi connectivity index (χ2n) is 7.95. The molecule has 3 heteroatoms. The highest BCUT2D eigenvalue weighted by Gasteiger charge is 2.18. The SMILES string of the molecule is CN(C)C1CCCN(Cc2ccc(CCC(C)(C)O)cc2)CC1. The Bertz CT molecular complexity index is 462. The van der Waals surface area contributed by atoms with Gasteiger partial charge in [0.25, 0.3) is 0 Å².